The summed E-state index contributed by atoms with van der Waals surface area (Å²) in [7, 11) is 0. The van der Waals surface area contributed by atoms with Crippen molar-refractivity contribution in [2.24, 2.45) is 0 Å². The van der Waals surface area contributed by atoms with E-state index < -0.39 is 5.97 Å². The Kier molecular flexibility index (Phi) is 4.75. The lowest BCUT2D eigenvalue weighted by Crippen LogP contribution is -2.05. The van der Waals surface area contributed by atoms with Crippen LogP contribution in [0.15, 0.2) is 54.6 Å². The molecule has 0 radical (unpaired) electrons. The molecule has 0 saturated carbocycles. The van der Waals surface area contributed by atoms with Gasteiger partial charge in [0.05, 0.1) is 5.56 Å². The van der Waals surface area contributed by atoms with Crippen molar-refractivity contribution in [3.05, 3.63) is 71.4 Å². The van der Waals surface area contributed by atoms with Crippen molar-refractivity contribution < 1.29 is 9.90 Å². The summed E-state index contributed by atoms with van der Waals surface area (Å²) in [5.41, 5.74) is 3.97. The molecular formula is C20H19N3O2. The van der Waals surface area contributed by atoms with E-state index in [4.69, 9.17) is 5.11 Å². The summed E-state index contributed by atoms with van der Waals surface area (Å²) in [6.45, 7) is 4.04. The van der Waals surface area contributed by atoms with Crippen LogP contribution in [0.4, 0.5) is 11.5 Å². The van der Waals surface area contributed by atoms with Crippen molar-refractivity contribution >= 4 is 17.5 Å². The minimum absolute atomic E-state index is 0.255. The molecule has 0 aliphatic carbocycles. The van der Waals surface area contributed by atoms with Crippen LogP contribution < -0.4 is 5.32 Å². The van der Waals surface area contributed by atoms with Gasteiger partial charge in [0.2, 0.25) is 0 Å². The number of anilines is 2. The van der Waals surface area contributed by atoms with E-state index in [0.29, 0.717) is 5.82 Å². The number of carboxylic acid groups (broad SMARTS) is 1. The van der Waals surface area contributed by atoms with E-state index >= 15 is 0 Å². The number of hydrogen-bond acceptors (Lipinski definition) is 4. The molecule has 25 heavy (non-hydrogen) atoms. The van der Waals surface area contributed by atoms with Crippen LogP contribution in [0.5, 0.6) is 0 Å². The lowest BCUT2D eigenvalue weighted by atomic mass is 10.1. The molecule has 3 rings (SSSR count). The normalized spacial score (nSPS) is 10.5. The summed E-state index contributed by atoms with van der Waals surface area (Å²) in [6.07, 6.45) is 0.802. The Bertz CT molecular complexity index is 891. The largest absolute Gasteiger partial charge is 0.478 e. The monoisotopic (exact) mass is 333 g/mol. The number of nitrogens with zero attached hydrogens (tertiary/aromatic N) is 2. The second kappa shape index (κ2) is 7.13. The highest BCUT2D eigenvalue weighted by Crippen LogP contribution is 2.25. The Labute approximate surface area is 146 Å². The molecule has 0 saturated heterocycles. The molecule has 0 aliphatic heterocycles. The number of carboxylic acids is 1. The van der Waals surface area contributed by atoms with Crippen molar-refractivity contribution in [1.82, 2.24) is 9.97 Å². The van der Waals surface area contributed by atoms with Crippen molar-refractivity contribution in [3.8, 4) is 11.4 Å². The first-order valence-electron chi connectivity index (χ1n) is 8.11. The topological polar surface area (TPSA) is 75.1 Å². The van der Waals surface area contributed by atoms with Crippen LogP contribution in [-0.4, -0.2) is 21.0 Å². The van der Waals surface area contributed by atoms with Crippen LogP contribution in [0.25, 0.3) is 11.4 Å². The molecule has 1 heterocycles. The van der Waals surface area contributed by atoms with Crippen LogP contribution in [0.2, 0.25) is 0 Å². The standard InChI is InChI=1S/C20H19N3O2/c1-3-17-13(2)21-18(14-7-5-4-6-8-14)23-19(17)22-16-11-9-15(10-12-16)20(24)25/h4-12H,3H2,1-2H3,(H,24,25)(H,21,22,23). The zero-order valence-corrected chi connectivity index (χ0v) is 14.2. The van der Waals surface area contributed by atoms with Crippen LogP contribution in [0.3, 0.4) is 0 Å². The van der Waals surface area contributed by atoms with Gasteiger partial charge in [0.1, 0.15) is 5.82 Å². The molecule has 5 nitrogen and oxygen atoms in total. The van der Waals surface area contributed by atoms with Gasteiger partial charge in [-0.2, -0.15) is 0 Å². The maximum atomic E-state index is 11.0. The van der Waals surface area contributed by atoms with Crippen molar-refractivity contribution in [2.45, 2.75) is 20.3 Å². The van der Waals surface area contributed by atoms with Gasteiger partial charge < -0.3 is 10.4 Å². The van der Waals surface area contributed by atoms with Gasteiger partial charge in [-0.15, -0.1) is 0 Å². The Morgan fingerprint density at radius 1 is 1.04 bits per heavy atom. The number of aromatic nitrogens is 2. The predicted molar refractivity (Wildman–Crippen MR) is 98.3 cm³/mol. The molecule has 2 N–H and O–H groups in total. The number of benzene rings is 2. The zero-order chi connectivity index (χ0) is 17.8. The number of hydrogen-bond donors (Lipinski definition) is 2. The predicted octanol–water partition coefficient (Wildman–Crippen LogP) is 4.46. The second-order valence-electron chi connectivity index (χ2n) is 5.69. The molecule has 0 atom stereocenters. The maximum Gasteiger partial charge on any atom is 0.335 e. The summed E-state index contributed by atoms with van der Waals surface area (Å²) in [5.74, 6) is 0.474. The van der Waals surface area contributed by atoms with Crippen molar-refractivity contribution in [1.29, 1.82) is 0 Å². The summed E-state index contributed by atoms with van der Waals surface area (Å²) in [6, 6.07) is 16.5. The number of nitrogens with one attached hydrogen (secondary N) is 1. The minimum atomic E-state index is -0.940. The fourth-order valence-corrected chi connectivity index (χ4v) is 2.67. The summed E-state index contributed by atoms with van der Waals surface area (Å²) < 4.78 is 0. The summed E-state index contributed by atoms with van der Waals surface area (Å²) in [5, 5.41) is 12.3. The van der Waals surface area contributed by atoms with E-state index in [9.17, 15) is 4.79 Å². The van der Waals surface area contributed by atoms with Crippen LogP contribution >= 0.6 is 0 Å². The lowest BCUT2D eigenvalue weighted by Gasteiger charge is -2.14. The number of carbonyl (C=O) groups is 1. The molecule has 0 spiro atoms. The van der Waals surface area contributed by atoms with Gasteiger partial charge in [0.15, 0.2) is 5.82 Å². The Morgan fingerprint density at radius 2 is 1.72 bits per heavy atom. The first-order valence-corrected chi connectivity index (χ1v) is 8.11. The van der Waals surface area contributed by atoms with E-state index in [1.807, 2.05) is 37.3 Å². The minimum Gasteiger partial charge on any atom is -0.478 e. The lowest BCUT2D eigenvalue weighted by molar-refractivity contribution is 0.0697. The van der Waals surface area contributed by atoms with Gasteiger partial charge in [-0.25, -0.2) is 14.8 Å². The van der Waals surface area contributed by atoms with Gasteiger partial charge in [-0.3, -0.25) is 0 Å². The molecular weight excluding hydrogens is 314 g/mol. The highest BCUT2D eigenvalue weighted by atomic mass is 16.4. The molecule has 2 aromatic carbocycles. The van der Waals surface area contributed by atoms with Gasteiger partial charge in [0.25, 0.3) is 0 Å². The van der Waals surface area contributed by atoms with E-state index in [1.165, 1.54) is 0 Å². The van der Waals surface area contributed by atoms with E-state index in [2.05, 4.69) is 22.2 Å². The van der Waals surface area contributed by atoms with Gasteiger partial charge in [-0.05, 0) is 37.6 Å². The first-order chi connectivity index (χ1) is 12.1. The van der Waals surface area contributed by atoms with Crippen LogP contribution in [-0.2, 0) is 6.42 Å². The molecule has 0 fully saturated rings. The number of aromatic carboxylic acids is 1. The molecule has 0 aliphatic rings. The fourth-order valence-electron chi connectivity index (χ4n) is 2.67. The molecule has 0 bridgehead atoms. The molecule has 1 aromatic heterocycles. The van der Waals surface area contributed by atoms with E-state index in [-0.39, 0.29) is 5.56 Å². The highest BCUT2D eigenvalue weighted by molar-refractivity contribution is 5.88. The van der Waals surface area contributed by atoms with Crippen molar-refractivity contribution in [2.75, 3.05) is 5.32 Å². The smallest absolute Gasteiger partial charge is 0.335 e. The Balaban J connectivity index is 1.99. The SMILES string of the molecule is CCc1c(C)nc(-c2ccccc2)nc1Nc1ccc(C(=O)O)cc1. The molecule has 126 valence electrons. The fraction of sp³-hybridized carbons (Fsp3) is 0.150. The van der Waals surface area contributed by atoms with Crippen molar-refractivity contribution in [3.63, 3.8) is 0 Å². The van der Waals surface area contributed by atoms with Gasteiger partial charge in [-0.1, -0.05) is 37.3 Å². The van der Waals surface area contributed by atoms with Crippen LogP contribution in [0.1, 0.15) is 28.5 Å². The van der Waals surface area contributed by atoms with Gasteiger partial charge >= 0.3 is 5.97 Å². The molecule has 0 amide bonds. The first kappa shape index (κ1) is 16.6. The summed E-state index contributed by atoms with van der Waals surface area (Å²) in [4.78, 5) is 20.3. The maximum absolute atomic E-state index is 11.0. The average Bonchev–Trinajstić information content (AvgIpc) is 2.62. The van der Waals surface area contributed by atoms with E-state index in [0.717, 1.165) is 34.7 Å². The quantitative estimate of drug-likeness (QED) is 0.721. The zero-order valence-electron chi connectivity index (χ0n) is 14.2. The average molecular weight is 333 g/mol. The third-order valence-corrected chi connectivity index (χ3v) is 3.99. The Hall–Kier alpha value is -3.21. The Morgan fingerprint density at radius 3 is 2.32 bits per heavy atom. The third kappa shape index (κ3) is 3.66. The third-order valence-electron chi connectivity index (χ3n) is 3.99. The molecule has 0 unspecified atom stereocenters. The van der Waals surface area contributed by atoms with E-state index in [1.54, 1.807) is 24.3 Å². The molecule has 5 heteroatoms. The number of rotatable bonds is 5. The second-order valence-corrected chi connectivity index (χ2v) is 5.69. The van der Waals surface area contributed by atoms with Crippen LogP contribution in [0, 0.1) is 6.92 Å². The molecule has 3 aromatic rings. The highest BCUT2D eigenvalue weighted by Gasteiger charge is 2.12. The summed E-state index contributed by atoms with van der Waals surface area (Å²) >= 11 is 0. The number of aryl methyl sites for hydroxylation is 1. The van der Waals surface area contributed by atoms with Gasteiger partial charge in [0, 0.05) is 22.5 Å².